The molecule has 0 saturated heterocycles. The lowest BCUT2D eigenvalue weighted by atomic mass is 10.1. The molecule has 0 spiro atoms. The average Bonchev–Trinajstić information content (AvgIpc) is 2.58. The Bertz CT molecular complexity index is 797. The standard InChI is InChI=1S/C19H20N2O5/c1-13-7-14(2)9-16(8-13)25-11-18(22)21-20-10-15-5-3-4-6-17(15)26-12-19(23)24/h3-10H,11-12H2,1-2H3,(H,21,22)(H,23,24)/p-1/b20-10+. The van der Waals surface area contributed by atoms with E-state index in [1.54, 1.807) is 24.3 Å². The van der Waals surface area contributed by atoms with E-state index in [2.05, 4.69) is 10.5 Å². The number of hydrogen-bond acceptors (Lipinski definition) is 6. The van der Waals surface area contributed by atoms with Crippen LogP contribution < -0.4 is 20.0 Å². The van der Waals surface area contributed by atoms with E-state index in [9.17, 15) is 14.7 Å². The molecule has 0 aliphatic rings. The predicted molar refractivity (Wildman–Crippen MR) is 94.1 cm³/mol. The zero-order valence-electron chi connectivity index (χ0n) is 14.5. The lowest BCUT2D eigenvalue weighted by Gasteiger charge is -2.09. The minimum absolute atomic E-state index is 0.178. The van der Waals surface area contributed by atoms with Gasteiger partial charge in [-0.1, -0.05) is 18.2 Å². The molecule has 0 bridgehead atoms. The molecular weight excluding hydrogens is 336 g/mol. The number of carbonyl (C=O) groups is 2. The van der Waals surface area contributed by atoms with Crippen LogP contribution in [0.15, 0.2) is 47.6 Å². The Morgan fingerprint density at radius 2 is 1.77 bits per heavy atom. The number of benzene rings is 2. The number of carbonyl (C=O) groups excluding carboxylic acids is 2. The van der Waals surface area contributed by atoms with Gasteiger partial charge in [0.15, 0.2) is 6.61 Å². The van der Waals surface area contributed by atoms with Crippen LogP contribution in [-0.4, -0.2) is 31.3 Å². The van der Waals surface area contributed by atoms with Gasteiger partial charge in [-0.05, 0) is 49.2 Å². The predicted octanol–water partition coefficient (Wildman–Crippen LogP) is 0.961. The number of nitrogens with one attached hydrogen (secondary N) is 1. The first kappa shape index (κ1) is 19.0. The van der Waals surface area contributed by atoms with Crippen molar-refractivity contribution in [1.82, 2.24) is 5.43 Å². The van der Waals surface area contributed by atoms with Gasteiger partial charge in [0.25, 0.3) is 5.91 Å². The van der Waals surface area contributed by atoms with Crippen molar-refractivity contribution in [2.45, 2.75) is 13.8 Å². The Morgan fingerprint density at radius 3 is 2.46 bits per heavy atom. The van der Waals surface area contributed by atoms with Gasteiger partial charge in [-0.25, -0.2) is 5.43 Å². The summed E-state index contributed by atoms with van der Waals surface area (Å²) in [6.07, 6.45) is 1.36. The molecule has 0 atom stereocenters. The van der Waals surface area contributed by atoms with E-state index in [1.807, 2.05) is 32.0 Å². The zero-order valence-corrected chi connectivity index (χ0v) is 14.5. The van der Waals surface area contributed by atoms with Crippen LogP contribution in [0.5, 0.6) is 11.5 Å². The van der Waals surface area contributed by atoms with Gasteiger partial charge in [-0.15, -0.1) is 0 Å². The quantitative estimate of drug-likeness (QED) is 0.562. The fourth-order valence-electron chi connectivity index (χ4n) is 2.23. The summed E-state index contributed by atoms with van der Waals surface area (Å²) in [6.45, 7) is 3.15. The van der Waals surface area contributed by atoms with E-state index in [1.165, 1.54) is 6.21 Å². The SMILES string of the molecule is Cc1cc(C)cc(OCC(=O)N/N=C/c2ccccc2OCC(=O)[O-])c1. The lowest BCUT2D eigenvalue weighted by Crippen LogP contribution is -2.29. The summed E-state index contributed by atoms with van der Waals surface area (Å²) in [5.74, 6) is -0.814. The average molecular weight is 355 g/mol. The molecule has 0 saturated carbocycles. The molecule has 2 aromatic carbocycles. The van der Waals surface area contributed by atoms with Crippen LogP contribution in [0.2, 0.25) is 0 Å². The number of rotatable bonds is 8. The molecule has 136 valence electrons. The van der Waals surface area contributed by atoms with Crippen molar-refractivity contribution >= 4 is 18.1 Å². The fourth-order valence-corrected chi connectivity index (χ4v) is 2.23. The van der Waals surface area contributed by atoms with Gasteiger partial charge in [-0.2, -0.15) is 5.10 Å². The summed E-state index contributed by atoms with van der Waals surface area (Å²) in [5.41, 5.74) is 4.96. The molecule has 0 unspecified atom stereocenters. The van der Waals surface area contributed by atoms with Crippen LogP contribution in [0.3, 0.4) is 0 Å². The summed E-state index contributed by atoms with van der Waals surface area (Å²) in [4.78, 5) is 22.3. The summed E-state index contributed by atoms with van der Waals surface area (Å²) in [6, 6.07) is 12.4. The number of ether oxygens (including phenoxy) is 2. The number of carboxylic acids is 1. The van der Waals surface area contributed by atoms with Crippen molar-refractivity contribution in [2.24, 2.45) is 5.10 Å². The number of carboxylic acid groups (broad SMARTS) is 1. The normalized spacial score (nSPS) is 10.5. The number of para-hydroxylation sites is 1. The molecule has 0 aliphatic carbocycles. The van der Waals surface area contributed by atoms with Crippen molar-refractivity contribution in [2.75, 3.05) is 13.2 Å². The van der Waals surface area contributed by atoms with Crippen LogP contribution in [0.1, 0.15) is 16.7 Å². The Morgan fingerprint density at radius 1 is 1.08 bits per heavy atom. The molecule has 1 N–H and O–H groups in total. The fraction of sp³-hybridized carbons (Fsp3) is 0.211. The van der Waals surface area contributed by atoms with E-state index in [0.29, 0.717) is 17.1 Å². The van der Waals surface area contributed by atoms with Crippen molar-refractivity contribution in [3.63, 3.8) is 0 Å². The van der Waals surface area contributed by atoms with E-state index in [-0.39, 0.29) is 6.61 Å². The van der Waals surface area contributed by atoms with E-state index in [0.717, 1.165) is 11.1 Å². The Kier molecular flexibility index (Phi) is 6.73. The Labute approximate surface area is 151 Å². The van der Waals surface area contributed by atoms with Gasteiger partial charge < -0.3 is 19.4 Å². The van der Waals surface area contributed by atoms with Crippen LogP contribution >= 0.6 is 0 Å². The minimum Gasteiger partial charge on any atom is -0.546 e. The number of hydrazone groups is 1. The van der Waals surface area contributed by atoms with Crippen molar-refractivity contribution in [3.05, 3.63) is 59.2 Å². The molecule has 1 amide bonds. The molecule has 26 heavy (non-hydrogen) atoms. The third-order valence-corrected chi connectivity index (χ3v) is 3.22. The molecule has 2 aromatic rings. The van der Waals surface area contributed by atoms with E-state index < -0.39 is 18.5 Å². The van der Waals surface area contributed by atoms with Gasteiger partial charge in [0.1, 0.15) is 18.1 Å². The van der Waals surface area contributed by atoms with Crippen molar-refractivity contribution < 1.29 is 24.2 Å². The second kappa shape index (κ2) is 9.22. The molecule has 2 rings (SSSR count). The third kappa shape index (κ3) is 6.27. The summed E-state index contributed by atoms with van der Waals surface area (Å²) in [7, 11) is 0. The van der Waals surface area contributed by atoms with E-state index >= 15 is 0 Å². The Balaban J connectivity index is 1.88. The number of aryl methyl sites for hydroxylation is 2. The number of amides is 1. The van der Waals surface area contributed by atoms with Crippen LogP contribution in [0, 0.1) is 13.8 Å². The van der Waals surface area contributed by atoms with Gasteiger partial charge in [0, 0.05) is 5.56 Å². The topological polar surface area (TPSA) is 100 Å². The van der Waals surface area contributed by atoms with Gasteiger partial charge in [-0.3, -0.25) is 4.79 Å². The smallest absolute Gasteiger partial charge is 0.277 e. The molecule has 0 heterocycles. The molecule has 0 radical (unpaired) electrons. The minimum atomic E-state index is -1.33. The van der Waals surface area contributed by atoms with Crippen molar-refractivity contribution in [1.29, 1.82) is 0 Å². The second-order valence-electron chi connectivity index (χ2n) is 5.60. The highest BCUT2D eigenvalue weighted by Crippen LogP contribution is 2.16. The molecule has 0 aromatic heterocycles. The van der Waals surface area contributed by atoms with Crippen LogP contribution in [0.4, 0.5) is 0 Å². The number of aliphatic carboxylic acids is 1. The molecule has 0 aliphatic heterocycles. The summed E-state index contributed by atoms with van der Waals surface area (Å²) >= 11 is 0. The van der Waals surface area contributed by atoms with Crippen LogP contribution in [-0.2, 0) is 9.59 Å². The maximum absolute atomic E-state index is 11.8. The highest BCUT2D eigenvalue weighted by Gasteiger charge is 2.04. The van der Waals surface area contributed by atoms with Crippen molar-refractivity contribution in [3.8, 4) is 11.5 Å². The first-order chi connectivity index (χ1) is 12.4. The molecular formula is C19H19N2O5-. The lowest BCUT2D eigenvalue weighted by molar-refractivity contribution is -0.307. The highest BCUT2D eigenvalue weighted by atomic mass is 16.5. The maximum Gasteiger partial charge on any atom is 0.277 e. The number of hydrogen-bond donors (Lipinski definition) is 1. The molecule has 7 heteroatoms. The first-order valence-electron chi connectivity index (χ1n) is 7.88. The van der Waals surface area contributed by atoms with Crippen LogP contribution in [0.25, 0.3) is 0 Å². The highest BCUT2D eigenvalue weighted by molar-refractivity contribution is 5.85. The zero-order chi connectivity index (χ0) is 18.9. The van der Waals surface area contributed by atoms with E-state index in [4.69, 9.17) is 9.47 Å². The molecule has 7 nitrogen and oxygen atoms in total. The van der Waals surface area contributed by atoms with Gasteiger partial charge in [0.05, 0.1) is 12.2 Å². The monoisotopic (exact) mass is 355 g/mol. The third-order valence-electron chi connectivity index (χ3n) is 3.22. The summed E-state index contributed by atoms with van der Waals surface area (Å²) in [5, 5.41) is 14.3. The summed E-state index contributed by atoms with van der Waals surface area (Å²) < 4.78 is 10.5. The van der Waals surface area contributed by atoms with Gasteiger partial charge >= 0.3 is 0 Å². The Hall–Kier alpha value is -3.35. The first-order valence-corrected chi connectivity index (χ1v) is 7.88. The number of nitrogens with zero attached hydrogens (tertiary/aromatic N) is 1. The van der Waals surface area contributed by atoms with Gasteiger partial charge in [0.2, 0.25) is 0 Å². The maximum atomic E-state index is 11.8. The molecule has 0 fully saturated rings. The largest absolute Gasteiger partial charge is 0.546 e. The second-order valence-corrected chi connectivity index (χ2v) is 5.60.